The van der Waals surface area contributed by atoms with Gasteiger partial charge in [0.25, 0.3) is 5.91 Å². The number of hydrogen-bond donors (Lipinski definition) is 3. The van der Waals surface area contributed by atoms with E-state index in [2.05, 4.69) is 16.0 Å². The molecule has 2 amide bonds. The smallest absolute Gasteiger partial charge is 0.251 e. The first-order valence-electron chi connectivity index (χ1n) is 9.54. The Kier molecular flexibility index (Phi) is 8.48. The van der Waals surface area contributed by atoms with E-state index in [-0.39, 0.29) is 42.7 Å². The summed E-state index contributed by atoms with van der Waals surface area (Å²) >= 11 is 0. The van der Waals surface area contributed by atoms with E-state index in [0.29, 0.717) is 5.56 Å². The van der Waals surface area contributed by atoms with Crippen molar-refractivity contribution in [2.45, 2.75) is 38.3 Å². The normalized spacial score (nSPS) is 17.1. The minimum absolute atomic E-state index is 0. The van der Waals surface area contributed by atoms with Crippen molar-refractivity contribution >= 4 is 24.2 Å². The molecule has 2 aromatic rings. The van der Waals surface area contributed by atoms with Crippen LogP contribution in [0.15, 0.2) is 54.6 Å². The monoisotopic (exact) mass is 401 g/mol. The maximum absolute atomic E-state index is 12.7. The first-order chi connectivity index (χ1) is 13.1. The van der Waals surface area contributed by atoms with Gasteiger partial charge in [0, 0.05) is 18.2 Å². The molecule has 3 N–H and O–H groups in total. The summed E-state index contributed by atoms with van der Waals surface area (Å²) < 4.78 is 0. The van der Waals surface area contributed by atoms with Gasteiger partial charge in [0.2, 0.25) is 5.91 Å². The highest BCUT2D eigenvalue weighted by atomic mass is 35.5. The van der Waals surface area contributed by atoms with Gasteiger partial charge in [-0.2, -0.15) is 0 Å². The maximum Gasteiger partial charge on any atom is 0.251 e. The van der Waals surface area contributed by atoms with Crippen molar-refractivity contribution in [3.63, 3.8) is 0 Å². The van der Waals surface area contributed by atoms with E-state index in [1.807, 2.05) is 49.4 Å². The lowest BCUT2D eigenvalue weighted by Gasteiger charge is -2.25. The highest BCUT2D eigenvalue weighted by Gasteiger charge is 2.21. The van der Waals surface area contributed by atoms with E-state index in [4.69, 9.17) is 0 Å². The molecule has 6 heteroatoms. The lowest BCUT2D eigenvalue weighted by molar-refractivity contribution is -0.122. The summed E-state index contributed by atoms with van der Waals surface area (Å²) in [6, 6.07) is 16.9. The van der Waals surface area contributed by atoms with Crippen molar-refractivity contribution in [2.75, 3.05) is 13.1 Å². The quantitative estimate of drug-likeness (QED) is 0.696. The van der Waals surface area contributed by atoms with Gasteiger partial charge in [-0.15, -0.1) is 12.4 Å². The zero-order valence-electron chi connectivity index (χ0n) is 16.1. The van der Waals surface area contributed by atoms with E-state index < -0.39 is 0 Å². The van der Waals surface area contributed by atoms with Gasteiger partial charge >= 0.3 is 0 Å². The zero-order chi connectivity index (χ0) is 19.1. The van der Waals surface area contributed by atoms with Gasteiger partial charge in [0.1, 0.15) is 0 Å². The van der Waals surface area contributed by atoms with Crippen LogP contribution in [0, 0.1) is 6.92 Å². The Hall–Kier alpha value is -2.37. The van der Waals surface area contributed by atoms with Crippen molar-refractivity contribution in [2.24, 2.45) is 0 Å². The standard InChI is InChI=1S/C22H27N3O2.ClH/c1-16-9-11-18(12-10-16)22(27)25-20(17-6-3-2-4-7-17)14-21(26)24-19-8-5-13-23-15-19;/h2-4,6-7,9-12,19-20,23H,5,8,13-15H2,1H3,(H,24,26)(H,25,27);1H/t19-,20?;/m0./s1. The Bertz CT molecular complexity index is 759. The number of rotatable bonds is 6. The van der Waals surface area contributed by atoms with Crippen molar-refractivity contribution in [3.8, 4) is 0 Å². The lowest BCUT2D eigenvalue weighted by Crippen LogP contribution is -2.46. The van der Waals surface area contributed by atoms with Crippen LogP contribution in [0.3, 0.4) is 0 Å². The second-order valence-electron chi connectivity index (χ2n) is 7.12. The van der Waals surface area contributed by atoms with Crippen LogP contribution in [0.1, 0.15) is 46.8 Å². The molecule has 1 aliphatic rings. The van der Waals surface area contributed by atoms with Crippen LogP contribution in [0.25, 0.3) is 0 Å². The van der Waals surface area contributed by atoms with E-state index in [1.54, 1.807) is 12.1 Å². The number of amides is 2. The fourth-order valence-corrected chi connectivity index (χ4v) is 3.33. The summed E-state index contributed by atoms with van der Waals surface area (Å²) in [6.07, 6.45) is 2.28. The van der Waals surface area contributed by atoms with Crippen LogP contribution in [0.5, 0.6) is 0 Å². The Morgan fingerprint density at radius 2 is 1.82 bits per heavy atom. The summed E-state index contributed by atoms with van der Waals surface area (Å²) in [5.41, 5.74) is 2.62. The van der Waals surface area contributed by atoms with Gasteiger partial charge in [-0.1, -0.05) is 48.0 Å². The van der Waals surface area contributed by atoms with Crippen LogP contribution in [-0.2, 0) is 4.79 Å². The highest BCUT2D eigenvalue weighted by molar-refractivity contribution is 5.94. The minimum Gasteiger partial charge on any atom is -0.352 e. The molecule has 0 aliphatic carbocycles. The van der Waals surface area contributed by atoms with E-state index in [9.17, 15) is 9.59 Å². The fraction of sp³-hybridized carbons (Fsp3) is 0.364. The number of carbonyl (C=O) groups excluding carboxylic acids is 2. The van der Waals surface area contributed by atoms with Crippen LogP contribution >= 0.6 is 12.4 Å². The van der Waals surface area contributed by atoms with Crippen LogP contribution < -0.4 is 16.0 Å². The SMILES string of the molecule is Cc1ccc(C(=O)NC(CC(=O)N[C@H]2CCCNC2)c2ccccc2)cc1.Cl. The highest BCUT2D eigenvalue weighted by Crippen LogP contribution is 2.18. The molecule has 0 saturated carbocycles. The van der Waals surface area contributed by atoms with Crippen LogP contribution in [-0.4, -0.2) is 30.9 Å². The molecule has 2 aromatic carbocycles. The Balaban J connectivity index is 0.00000280. The second kappa shape index (κ2) is 10.8. The molecular weight excluding hydrogens is 374 g/mol. The van der Waals surface area contributed by atoms with Crippen molar-refractivity contribution in [1.82, 2.24) is 16.0 Å². The zero-order valence-corrected chi connectivity index (χ0v) is 16.9. The van der Waals surface area contributed by atoms with Gasteiger partial charge < -0.3 is 16.0 Å². The molecule has 0 radical (unpaired) electrons. The molecule has 28 heavy (non-hydrogen) atoms. The third-order valence-electron chi connectivity index (χ3n) is 4.87. The van der Waals surface area contributed by atoms with Gasteiger partial charge in [-0.25, -0.2) is 0 Å². The molecule has 0 aromatic heterocycles. The average molecular weight is 402 g/mol. The number of piperidine rings is 1. The summed E-state index contributed by atoms with van der Waals surface area (Å²) in [6.45, 7) is 3.79. The summed E-state index contributed by atoms with van der Waals surface area (Å²) in [5.74, 6) is -0.210. The predicted octanol–water partition coefficient (Wildman–Crippen LogP) is 3.15. The van der Waals surface area contributed by atoms with Crippen molar-refractivity contribution in [1.29, 1.82) is 0 Å². The molecule has 1 heterocycles. The van der Waals surface area contributed by atoms with Crippen LogP contribution in [0.2, 0.25) is 0 Å². The molecule has 1 fully saturated rings. The topological polar surface area (TPSA) is 70.2 Å². The number of nitrogens with one attached hydrogen (secondary N) is 3. The second-order valence-corrected chi connectivity index (χ2v) is 7.12. The molecule has 5 nitrogen and oxygen atoms in total. The predicted molar refractivity (Wildman–Crippen MR) is 114 cm³/mol. The van der Waals surface area contributed by atoms with Crippen molar-refractivity contribution in [3.05, 3.63) is 71.3 Å². The number of aryl methyl sites for hydroxylation is 1. The molecule has 150 valence electrons. The molecule has 0 bridgehead atoms. The molecule has 3 rings (SSSR count). The summed E-state index contributed by atoms with van der Waals surface area (Å²) in [5, 5.41) is 9.41. The Labute approximate surface area is 172 Å². The van der Waals surface area contributed by atoms with Crippen LogP contribution in [0.4, 0.5) is 0 Å². The summed E-state index contributed by atoms with van der Waals surface area (Å²) in [7, 11) is 0. The van der Waals surface area contributed by atoms with E-state index in [0.717, 1.165) is 37.1 Å². The van der Waals surface area contributed by atoms with E-state index in [1.165, 1.54) is 0 Å². The van der Waals surface area contributed by atoms with Gasteiger partial charge in [0.05, 0.1) is 12.5 Å². The third-order valence-corrected chi connectivity index (χ3v) is 4.87. The Morgan fingerprint density at radius 1 is 1.11 bits per heavy atom. The van der Waals surface area contributed by atoms with Crippen molar-refractivity contribution < 1.29 is 9.59 Å². The fourth-order valence-electron chi connectivity index (χ4n) is 3.33. The minimum atomic E-state index is -0.364. The van der Waals surface area contributed by atoms with Gasteiger partial charge in [0.15, 0.2) is 0 Å². The first kappa shape index (κ1) is 21.9. The maximum atomic E-state index is 12.7. The number of carbonyl (C=O) groups is 2. The molecule has 0 spiro atoms. The largest absolute Gasteiger partial charge is 0.352 e. The number of benzene rings is 2. The molecule has 1 saturated heterocycles. The number of hydrogen-bond acceptors (Lipinski definition) is 3. The molecule has 1 aliphatic heterocycles. The van der Waals surface area contributed by atoms with Gasteiger partial charge in [-0.05, 0) is 44.0 Å². The average Bonchev–Trinajstić information content (AvgIpc) is 2.69. The van der Waals surface area contributed by atoms with E-state index >= 15 is 0 Å². The first-order valence-corrected chi connectivity index (χ1v) is 9.54. The lowest BCUT2D eigenvalue weighted by atomic mass is 10.0. The molecular formula is C22H28ClN3O2. The molecule has 2 atom stereocenters. The summed E-state index contributed by atoms with van der Waals surface area (Å²) in [4.78, 5) is 25.2. The van der Waals surface area contributed by atoms with Gasteiger partial charge in [-0.3, -0.25) is 9.59 Å². The third kappa shape index (κ3) is 6.36. The Morgan fingerprint density at radius 3 is 2.46 bits per heavy atom. The molecule has 1 unspecified atom stereocenters. The number of halogens is 1.